The van der Waals surface area contributed by atoms with Crippen LogP contribution in [0.2, 0.25) is 0 Å². The fourth-order valence-corrected chi connectivity index (χ4v) is 1.70. The molecular weight excluding hydrogens is 196 g/mol. The van der Waals surface area contributed by atoms with Gasteiger partial charge >= 0.3 is 0 Å². The number of hydrogen-bond donors (Lipinski definition) is 2. The lowest BCUT2D eigenvalue weighted by Crippen LogP contribution is -2.38. The maximum atomic E-state index is 9.78. The number of aliphatic hydroxyl groups is 1. The minimum atomic E-state index is -0.501. The zero-order chi connectivity index (χ0) is 10.8. The van der Waals surface area contributed by atoms with Gasteiger partial charge in [0.2, 0.25) is 0 Å². The number of β-amino-alcohol motifs (C(OH)–C–C–N with tert-alkyl or cyclic N) is 1. The van der Waals surface area contributed by atoms with Gasteiger partial charge in [0.05, 0.1) is 10.7 Å². The van der Waals surface area contributed by atoms with E-state index in [1.165, 1.54) is 0 Å². The number of rotatable bonds is 3. The molecule has 0 radical (unpaired) electrons. The average Bonchev–Trinajstić information content (AvgIpc) is 2.46. The Labute approximate surface area is 89.2 Å². The lowest BCUT2D eigenvalue weighted by atomic mass is 10.1. The molecule has 1 aromatic heterocycles. The van der Waals surface area contributed by atoms with Crippen molar-refractivity contribution < 1.29 is 5.11 Å². The van der Waals surface area contributed by atoms with E-state index >= 15 is 0 Å². The van der Waals surface area contributed by atoms with Gasteiger partial charge in [0, 0.05) is 17.5 Å². The van der Waals surface area contributed by atoms with Crippen LogP contribution in [0.25, 0.3) is 0 Å². The van der Waals surface area contributed by atoms with Crippen LogP contribution in [-0.4, -0.2) is 22.2 Å². The number of thiazole rings is 1. The van der Waals surface area contributed by atoms with Crippen molar-refractivity contribution in [1.82, 2.24) is 10.3 Å². The highest BCUT2D eigenvalue weighted by Crippen LogP contribution is 2.16. The Morgan fingerprint density at radius 1 is 1.57 bits per heavy atom. The molecule has 2 N–H and O–H groups in total. The first-order valence-electron chi connectivity index (χ1n) is 4.73. The van der Waals surface area contributed by atoms with E-state index in [0.717, 1.165) is 10.7 Å². The highest BCUT2D eigenvalue weighted by atomic mass is 32.1. The third-order valence-corrected chi connectivity index (χ3v) is 2.60. The fourth-order valence-electron chi connectivity index (χ4n) is 1.04. The second kappa shape index (κ2) is 4.38. The van der Waals surface area contributed by atoms with Crippen molar-refractivity contribution in [3.05, 3.63) is 16.1 Å². The molecule has 4 heteroatoms. The molecule has 0 aliphatic rings. The molecule has 0 aromatic carbocycles. The van der Waals surface area contributed by atoms with Gasteiger partial charge < -0.3 is 10.4 Å². The highest BCUT2D eigenvalue weighted by Gasteiger charge is 2.15. The summed E-state index contributed by atoms with van der Waals surface area (Å²) in [6.45, 7) is 8.72. The van der Waals surface area contributed by atoms with Crippen LogP contribution < -0.4 is 5.32 Å². The molecule has 0 fully saturated rings. The van der Waals surface area contributed by atoms with Gasteiger partial charge in [0.15, 0.2) is 0 Å². The summed E-state index contributed by atoms with van der Waals surface area (Å²) < 4.78 is 0. The predicted molar refractivity (Wildman–Crippen MR) is 59.6 cm³/mol. The number of nitrogens with one attached hydrogen (secondary N) is 1. The molecule has 14 heavy (non-hydrogen) atoms. The van der Waals surface area contributed by atoms with Gasteiger partial charge in [0.1, 0.15) is 6.10 Å². The molecule has 1 aromatic rings. The Morgan fingerprint density at radius 3 is 2.64 bits per heavy atom. The first kappa shape index (κ1) is 11.6. The normalized spacial score (nSPS) is 14.4. The number of nitrogens with zero attached hydrogens (tertiary/aromatic N) is 1. The van der Waals surface area contributed by atoms with Crippen molar-refractivity contribution in [2.45, 2.75) is 39.3 Å². The zero-order valence-electron chi connectivity index (χ0n) is 9.16. The molecule has 80 valence electrons. The van der Waals surface area contributed by atoms with E-state index in [9.17, 15) is 5.11 Å². The van der Waals surface area contributed by atoms with Crippen LogP contribution in [-0.2, 0) is 0 Å². The lowest BCUT2D eigenvalue weighted by molar-refractivity contribution is 0.159. The van der Waals surface area contributed by atoms with Crippen molar-refractivity contribution >= 4 is 11.3 Å². The summed E-state index contributed by atoms with van der Waals surface area (Å²) >= 11 is 1.57. The summed E-state index contributed by atoms with van der Waals surface area (Å²) in [5, 5.41) is 15.9. The standard InChI is InChI=1S/C10H18N2OS/c1-7-12-8(6-14-7)9(13)5-11-10(2,3)4/h6,9,11,13H,5H2,1-4H3. The van der Waals surface area contributed by atoms with Crippen molar-refractivity contribution in [3.63, 3.8) is 0 Å². The Morgan fingerprint density at radius 2 is 2.21 bits per heavy atom. The topological polar surface area (TPSA) is 45.2 Å². The largest absolute Gasteiger partial charge is 0.385 e. The molecule has 0 saturated heterocycles. The van der Waals surface area contributed by atoms with Crippen LogP contribution in [0.3, 0.4) is 0 Å². The first-order chi connectivity index (χ1) is 6.38. The number of aliphatic hydroxyl groups excluding tert-OH is 1. The molecule has 3 nitrogen and oxygen atoms in total. The second-order valence-electron chi connectivity index (χ2n) is 4.44. The van der Waals surface area contributed by atoms with Crippen LogP contribution in [0.15, 0.2) is 5.38 Å². The van der Waals surface area contributed by atoms with Gasteiger partial charge in [-0.25, -0.2) is 4.98 Å². The van der Waals surface area contributed by atoms with E-state index in [1.54, 1.807) is 11.3 Å². The lowest BCUT2D eigenvalue weighted by Gasteiger charge is -2.22. The van der Waals surface area contributed by atoms with Crippen LogP contribution >= 0.6 is 11.3 Å². The van der Waals surface area contributed by atoms with Crippen LogP contribution in [0.1, 0.15) is 37.6 Å². The maximum Gasteiger partial charge on any atom is 0.109 e. The molecule has 0 amide bonds. The van der Waals surface area contributed by atoms with E-state index in [2.05, 4.69) is 31.1 Å². The van der Waals surface area contributed by atoms with E-state index < -0.39 is 6.10 Å². The van der Waals surface area contributed by atoms with E-state index in [4.69, 9.17) is 0 Å². The van der Waals surface area contributed by atoms with E-state index in [-0.39, 0.29) is 5.54 Å². The summed E-state index contributed by atoms with van der Waals surface area (Å²) in [7, 11) is 0. The number of aromatic nitrogens is 1. The monoisotopic (exact) mass is 214 g/mol. The third-order valence-electron chi connectivity index (χ3n) is 1.80. The van der Waals surface area contributed by atoms with Gasteiger partial charge in [0.25, 0.3) is 0 Å². The van der Waals surface area contributed by atoms with Gasteiger partial charge in [-0.2, -0.15) is 0 Å². The van der Waals surface area contributed by atoms with Gasteiger partial charge in [-0.3, -0.25) is 0 Å². The Hall–Kier alpha value is -0.450. The highest BCUT2D eigenvalue weighted by molar-refractivity contribution is 7.09. The predicted octanol–water partition coefficient (Wildman–Crippen LogP) is 1.87. The van der Waals surface area contributed by atoms with Crippen molar-refractivity contribution in [2.24, 2.45) is 0 Å². The molecule has 0 saturated carbocycles. The quantitative estimate of drug-likeness (QED) is 0.807. The van der Waals surface area contributed by atoms with Gasteiger partial charge in [-0.05, 0) is 27.7 Å². The SMILES string of the molecule is Cc1nc(C(O)CNC(C)(C)C)cs1. The molecule has 0 aliphatic heterocycles. The van der Waals surface area contributed by atoms with Crippen molar-refractivity contribution in [1.29, 1.82) is 0 Å². The average molecular weight is 214 g/mol. The smallest absolute Gasteiger partial charge is 0.109 e. The number of hydrogen-bond acceptors (Lipinski definition) is 4. The van der Waals surface area contributed by atoms with Crippen LogP contribution in [0.4, 0.5) is 0 Å². The summed E-state index contributed by atoms with van der Waals surface area (Å²) in [5.74, 6) is 0. The molecule has 0 aliphatic carbocycles. The number of aryl methyl sites for hydroxylation is 1. The molecular formula is C10H18N2OS. The van der Waals surface area contributed by atoms with Gasteiger partial charge in [-0.15, -0.1) is 11.3 Å². The molecule has 1 atom stereocenters. The minimum absolute atomic E-state index is 0.0338. The molecule has 0 bridgehead atoms. The molecule has 1 unspecified atom stereocenters. The first-order valence-corrected chi connectivity index (χ1v) is 5.61. The Balaban J connectivity index is 2.47. The molecule has 1 heterocycles. The zero-order valence-corrected chi connectivity index (χ0v) is 9.98. The summed E-state index contributed by atoms with van der Waals surface area (Å²) in [5.41, 5.74) is 0.802. The summed E-state index contributed by atoms with van der Waals surface area (Å²) in [4.78, 5) is 4.24. The van der Waals surface area contributed by atoms with Crippen molar-refractivity contribution in [3.8, 4) is 0 Å². The molecule has 1 rings (SSSR count). The Bertz CT molecular complexity index is 291. The maximum absolute atomic E-state index is 9.78. The van der Waals surface area contributed by atoms with Crippen molar-refractivity contribution in [2.75, 3.05) is 6.54 Å². The third kappa shape index (κ3) is 3.74. The second-order valence-corrected chi connectivity index (χ2v) is 5.50. The van der Waals surface area contributed by atoms with Gasteiger partial charge in [-0.1, -0.05) is 0 Å². The van der Waals surface area contributed by atoms with Crippen LogP contribution in [0.5, 0.6) is 0 Å². The molecule has 0 spiro atoms. The van der Waals surface area contributed by atoms with E-state index in [1.807, 2.05) is 12.3 Å². The van der Waals surface area contributed by atoms with E-state index in [0.29, 0.717) is 6.54 Å². The summed E-state index contributed by atoms with van der Waals surface area (Å²) in [6, 6.07) is 0. The summed E-state index contributed by atoms with van der Waals surface area (Å²) in [6.07, 6.45) is -0.501. The minimum Gasteiger partial charge on any atom is -0.385 e. The van der Waals surface area contributed by atoms with Crippen LogP contribution in [0, 0.1) is 6.92 Å². The Kier molecular flexibility index (Phi) is 3.64. The fraction of sp³-hybridized carbons (Fsp3) is 0.700.